The van der Waals surface area contributed by atoms with Crippen LogP contribution in [0.4, 0.5) is 5.13 Å². The van der Waals surface area contributed by atoms with E-state index in [0.717, 1.165) is 59.4 Å². The molecule has 0 N–H and O–H groups in total. The molecule has 25 heavy (non-hydrogen) atoms. The monoisotopic (exact) mass is 379 g/mol. The lowest BCUT2D eigenvalue weighted by Gasteiger charge is -2.33. The van der Waals surface area contributed by atoms with Crippen LogP contribution >= 0.6 is 22.9 Å². The van der Waals surface area contributed by atoms with Crippen molar-refractivity contribution in [3.05, 3.63) is 23.2 Å². The Morgan fingerprint density at radius 1 is 1.24 bits per heavy atom. The van der Waals surface area contributed by atoms with Crippen molar-refractivity contribution in [3.8, 4) is 0 Å². The topological polar surface area (TPSA) is 45.7 Å². The molecule has 0 radical (unpaired) electrons. The van der Waals surface area contributed by atoms with Gasteiger partial charge in [0.1, 0.15) is 0 Å². The average molecular weight is 380 g/mol. The van der Waals surface area contributed by atoms with E-state index in [4.69, 9.17) is 21.3 Å². The summed E-state index contributed by atoms with van der Waals surface area (Å²) in [7, 11) is 0. The first-order valence-electron chi connectivity index (χ1n) is 8.85. The summed E-state index contributed by atoms with van der Waals surface area (Å²) in [5, 5.41) is 1.82. The highest BCUT2D eigenvalue weighted by molar-refractivity contribution is 7.22. The highest BCUT2D eigenvalue weighted by atomic mass is 35.5. The highest BCUT2D eigenvalue weighted by Crippen LogP contribution is 2.33. The maximum Gasteiger partial charge on any atom is 0.223 e. The molecule has 0 aliphatic carbocycles. The lowest BCUT2D eigenvalue weighted by molar-refractivity contribution is -0.136. The van der Waals surface area contributed by atoms with Crippen LogP contribution in [0.2, 0.25) is 5.02 Å². The minimum Gasteiger partial charge on any atom is -0.378 e. The Kier molecular flexibility index (Phi) is 5.10. The van der Waals surface area contributed by atoms with Crippen molar-refractivity contribution in [1.29, 1.82) is 0 Å². The second kappa shape index (κ2) is 7.48. The normalized spacial score (nSPS) is 19.6. The number of morpholine rings is 1. The van der Waals surface area contributed by atoms with Crippen LogP contribution in [-0.2, 0) is 9.53 Å². The molecule has 7 heteroatoms. The molecule has 4 rings (SSSR count). The van der Waals surface area contributed by atoms with Gasteiger partial charge in [-0.3, -0.25) is 4.79 Å². The van der Waals surface area contributed by atoms with Gasteiger partial charge in [0.25, 0.3) is 0 Å². The van der Waals surface area contributed by atoms with Crippen molar-refractivity contribution < 1.29 is 9.53 Å². The van der Waals surface area contributed by atoms with E-state index < -0.39 is 0 Å². The van der Waals surface area contributed by atoms with E-state index in [9.17, 15) is 4.79 Å². The zero-order valence-corrected chi connectivity index (χ0v) is 15.7. The second-order valence-corrected chi connectivity index (χ2v) is 8.18. The number of aromatic nitrogens is 1. The van der Waals surface area contributed by atoms with Crippen molar-refractivity contribution in [2.24, 2.45) is 5.92 Å². The third kappa shape index (κ3) is 3.91. The molecule has 0 atom stereocenters. The summed E-state index contributed by atoms with van der Waals surface area (Å²) in [5.41, 5.74) is 1.01. The number of anilines is 1. The first kappa shape index (κ1) is 17.1. The molecule has 3 heterocycles. The minimum atomic E-state index is 0.288. The fourth-order valence-electron chi connectivity index (χ4n) is 3.54. The van der Waals surface area contributed by atoms with Gasteiger partial charge in [-0.05, 0) is 37.0 Å². The van der Waals surface area contributed by atoms with E-state index in [1.807, 2.05) is 23.1 Å². The van der Waals surface area contributed by atoms with Gasteiger partial charge in [0.2, 0.25) is 5.91 Å². The maximum absolute atomic E-state index is 12.4. The summed E-state index contributed by atoms with van der Waals surface area (Å²) in [6.45, 7) is 4.76. The average Bonchev–Trinajstić information content (AvgIpc) is 3.06. The molecular formula is C18H22ClN3O2S. The largest absolute Gasteiger partial charge is 0.378 e. The van der Waals surface area contributed by atoms with Crippen LogP contribution in [0.1, 0.15) is 19.3 Å². The lowest BCUT2D eigenvalue weighted by atomic mass is 9.93. The van der Waals surface area contributed by atoms with Crippen LogP contribution in [-0.4, -0.2) is 55.2 Å². The molecule has 1 aromatic carbocycles. The molecular weight excluding hydrogens is 358 g/mol. The Bertz CT molecular complexity index is 752. The molecule has 2 saturated heterocycles. The van der Waals surface area contributed by atoms with Gasteiger partial charge in [0.15, 0.2) is 5.13 Å². The zero-order chi connectivity index (χ0) is 17.2. The molecule has 0 unspecified atom stereocenters. The molecule has 2 fully saturated rings. The molecule has 134 valence electrons. The molecule has 5 nitrogen and oxygen atoms in total. The molecule has 1 aromatic heterocycles. The van der Waals surface area contributed by atoms with E-state index in [-0.39, 0.29) is 5.91 Å². The van der Waals surface area contributed by atoms with Crippen LogP contribution in [0, 0.1) is 5.92 Å². The molecule has 0 spiro atoms. The van der Waals surface area contributed by atoms with Crippen molar-refractivity contribution in [2.75, 3.05) is 44.3 Å². The van der Waals surface area contributed by atoms with Gasteiger partial charge in [-0.1, -0.05) is 22.9 Å². The molecule has 0 bridgehead atoms. The molecule has 0 saturated carbocycles. The number of rotatable bonds is 3. The number of amides is 1. The van der Waals surface area contributed by atoms with Gasteiger partial charge in [0, 0.05) is 37.6 Å². The SMILES string of the molecule is O=C(CC1CCN(c2nc3ccc(Cl)cc3s2)CC1)N1CCOCC1. The predicted molar refractivity (Wildman–Crippen MR) is 102 cm³/mol. The van der Waals surface area contributed by atoms with E-state index in [0.29, 0.717) is 25.6 Å². The van der Waals surface area contributed by atoms with Gasteiger partial charge in [-0.2, -0.15) is 0 Å². The minimum absolute atomic E-state index is 0.288. The molecule has 2 aromatic rings. The molecule has 2 aliphatic rings. The summed E-state index contributed by atoms with van der Waals surface area (Å²) in [6.07, 6.45) is 2.77. The number of thiazole rings is 1. The number of piperidine rings is 1. The summed E-state index contributed by atoms with van der Waals surface area (Å²) >= 11 is 7.76. The number of carbonyl (C=O) groups excluding carboxylic acids is 1. The number of halogens is 1. The first-order chi connectivity index (χ1) is 12.2. The summed E-state index contributed by atoms with van der Waals surface area (Å²) in [4.78, 5) is 21.4. The molecule has 2 aliphatic heterocycles. The number of benzene rings is 1. The predicted octanol–water partition coefficient (Wildman–Crippen LogP) is 3.42. The van der Waals surface area contributed by atoms with Crippen molar-refractivity contribution >= 4 is 44.2 Å². The third-order valence-electron chi connectivity index (χ3n) is 5.05. The van der Waals surface area contributed by atoms with E-state index >= 15 is 0 Å². The maximum atomic E-state index is 12.4. The Balaban J connectivity index is 1.33. The zero-order valence-electron chi connectivity index (χ0n) is 14.1. The Hall–Kier alpha value is -1.37. The Morgan fingerprint density at radius 3 is 2.76 bits per heavy atom. The number of fused-ring (bicyclic) bond motifs is 1. The number of hydrogen-bond donors (Lipinski definition) is 0. The smallest absolute Gasteiger partial charge is 0.223 e. The van der Waals surface area contributed by atoms with Gasteiger partial charge < -0.3 is 14.5 Å². The van der Waals surface area contributed by atoms with Gasteiger partial charge >= 0.3 is 0 Å². The van der Waals surface area contributed by atoms with Gasteiger partial charge in [-0.15, -0.1) is 0 Å². The molecule has 1 amide bonds. The number of ether oxygens (including phenoxy) is 1. The van der Waals surface area contributed by atoms with E-state index in [2.05, 4.69) is 4.90 Å². The van der Waals surface area contributed by atoms with Crippen molar-refractivity contribution in [3.63, 3.8) is 0 Å². The fraction of sp³-hybridized carbons (Fsp3) is 0.556. The summed E-state index contributed by atoms with van der Waals surface area (Å²) < 4.78 is 6.45. The van der Waals surface area contributed by atoms with Crippen LogP contribution < -0.4 is 4.90 Å². The van der Waals surface area contributed by atoms with Crippen LogP contribution in [0.5, 0.6) is 0 Å². The van der Waals surface area contributed by atoms with Gasteiger partial charge in [0.05, 0.1) is 23.4 Å². The fourth-order valence-corrected chi connectivity index (χ4v) is 4.83. The van der Waals surface area contributed by atoms with Crippen LogP contribution in [0.3, 0.4) is 0 Å². The quantitative estimate of drug-likeness (QED) is 0.819. The van der Waals surface area contributed by atoms with Crippen LogP contribution in [0.25, 0.3) is 10.2 Å². The lowest BCUT2D eigenvalue weighted by Crippen LogP contribution is -2.42. The Morgan fingerprint density at radius 2 is 2.00 bits per heavy atom. The van der Waals surface area contributed by atoms with Crippen molar-refractivity contribution in [2.45, 2.75) is 19.3 Å². The first-order valence-corrected chi connectivity index (χ1v) is 10.0. The number of nitrogens with zero attached hydrogens (tertiary/aromatic N) is 3. The second-order valence-electron chi connectivity index (χ2n) is 6.74. The standard InChI is InChI=1S/C18H22ClN3O2S/c19-14-1-2-15-16(12-14)25-18(20-15)22-5-3-13(4-6-22)11-17(23)21-7-9-24-10-8-21/h1-2,12-13H,3-11H2. The highest BCUT2D eigenvalue weighted by Gasteiger charge is 2.26. The number of hydrogen-bond acceptors (Lipinski definition) is 5. The third-order valence-corrected chi connectivity index (χ3v) is 6.37. The van der Waals surface area contributed by atoms with E-state index in [1.54, 1.807) is 11.3 Å². The van der Waals surface area contributed by atoms with Crippen molar-refractivity contribution in [1.82, 2.24) is 9.88 Å². The van der Waals surface area contributed by atoms with Crippen LogP contribution in [0.15, 0.2) is 18.2 Å². The Labute approximate surface area is 156 Å². The summed E-state index contributed by atoms with van der Waals surface area (Å²) in [6, 6.07) is 5.84. The number of carbonyl (C=O) groups is 1. The van der Waals surface area contributed by atoms with Gasteiger partial charge in [-0.25, -0.2) is 4.98 Å². The summed E-state index contributed by atoms with van der Waals surface area (Å²) in [5.74, 6) is 0.770. The van der Waals surface area contributed by atoms with E-state index in [1.165, 1.54) is 0 Å².